The van der Waals surface area contributed by atoms with Crippen molar-refractivity contribution >= 4 is 16.0 Å². The fourth-order valence-corrected chi connectivity index (χ4v) is 3.27. The van der Waals surface area contributed by atoms with Crippen molar-refractivity contribution in [3.63, 3.8) is 0 Å². The van der Waals surface area contributed by atoms with Crippen molar-refractivity contribution in [3.8, 4) is 0 Å². The van der Waals surface area contributed by atoms with Gasteiger partial charge in [0.1, 0.15) is 0 Å². The largest absolute Gasteiger partial charge is 0.370 e. The molecule has 2 atom stereocenters. The highest BCUT2D eigenvalue weighted by Gasteiger charge is 2.27. The van der Waals surface area contributed by atoms with Crippen LogP contribution in [0.4, 0.5) is 0 Å². The van der Waals surface area contributed by atoms with Gasteiger partial charge in [0.25, 0.3) is 0 Å². The Morgan fingerprint density at radius 3 is 2.58 bits per heavy atom. The van der Waals surface area contributed by atoms with Gasteiger partial charge in [0.15, 0.2) is 5.96 Å². The van der Waals surface area contributed by atoms with Gasteiger partial charge in [-0.2, -0.15) is 0 Å². The first-order valence-electron chi connectivity index (χ1n) is 6.81. The highest BCUT2D eigenvalue weighted by Crippen LogP contribution is 2.25. The average molecular weight is 290 g/mol. The average Bonchev–Trinajstić information content (AvgIpc) is 2.25. The summed E-state index contributed by atoms with van der Waals surface area (Å²) in [6.07, 6.45) is 5.26. The lowest BCUT2D eigenvalue weighted by Crippen LogP contribution is -2.43. The van der Waals surface area contributed by atoms with E-state index in [2.05, 4.69) is 15.0 Å². The number of nitrogens with two attached hydrogens (primary N) is 1. The Balaban J connectivity index is 2.57. The van der Waals surface area contributed by atoms with Crippen LogP contribution in [-0.2, 0) is 10.0 Å². The van der Waals surface area contributed by atoms with E-state index in [1.165, 1.54) is 6.26 Å². The van der Waals surface area contributed by atoms with E-state index >= 15 is 0 Å². The third-order valence-electron chi connectivity index (χ3n) is 3.21. The molecule has 1 aliphatic rings. The molecule has 0 aromatic rings. The molecule has 0 heterocycles. The van der Waals surface area contributed by atoms with E-state index in [1.807, 2.05) is 13.8 Å². The molecule has 1 fully saturated rings. The Kier molecular flexibility index (Phi) is 6.06. The van der Waals surface area contributed by atoms with Crippen LogP contribution in [0, 0.1) is 5.92 Å². The van der Waals surface area contributed by atoms with E-state index < -0.39 is 10.0 Å². The topological polar surface area (TPSA) is 96.6 Å². The maximum atomic E-state index is 11.3. The standard InChI is InChI=1S/C12H26N4O2S/c1-9(2)15-12(13)14-8-10-6-4-5-7-11(10)16-19(3,17)18/h9-11,16H,4-8H2,1-3H3,(H3,13,14,15). The van der Waals surface area contributed by atoms with Crippen molar-refractivity contribution in [2.24, 2.45) is 16.6 Å². The summed E-state index contributed by atoms with van der Waals surface area (Å²) in [7, 11) is -3.16. The smallest absolute Gasteiger partial charge is 0.208 e. The maximum absolute atomic E-state index is 11.3. The number of hydrogen-bond donors (Lipinski definition) is 3. The first-order chi connectivity index (χ1) is 8.78. The molecule has 0 bridgehead atoms. The summed E-state index contributed by atoms with van der Waals surface area (Å²) >= 11 is 0. The van der Waals surface area contributed by atoms with Gasteiger partial charge in [0.05, 0.1) is 6.26 Å². The molecule has 4 N–H and O–H groups in total. The highest BCUT2D eigenvalue weighted by atomic mass is 32.2. The normalized spacial score (nSPS) is 25.6. The van der Waals surface area contributed by atoms with Gasteiger partial charge in [0.2, 0.25) is 10.0 Å². The quantitative estimate of drug-likeness (QED) is 0.504. The predicted octanol–water partition coefficient (Wildman–Crippen LogP) is 0.407. The van der Waals surface area contributed by atoms with Crippen LogP contribution in [-0.4, -0.2) is 39.3 Å². The molecule has 112 valence electrons. The second-order valence-electron chi connectivity index (χ2n) is 5.57. The lowest BCUT2D eigenvalue weighted by atomic mass is 9.85. The molecule has 0 spiro atoms. The number of nitrogens with one attached hydrogen (secondary N) is 2. The summed E-state index contributed by atoms with van der Waals surface area (Å²) < 4.78 is 25.4. The van der Waals surface area contributed by atoms with Crippen LogP contribution >= 0.6 is 0 Å². The van der Waals surface area contributed by atoms with Crippen molar-refractivity contribution in [1.29, 1.82) is 0 Å². The van der Waals surface area contributed by atoms with E-state index in [4.69, 9.17) is 5.73 Å². The molecule has 0 amide bonds. The summed E-state index contributed by atoms with van der Waals surface area (Å²) in [6.45, 7) is 4.56. The number of nitrogens with zero attached hydrogens (tertiary/aromatic N) is 1. The van der Waals surface area contributed by atoms with Crippen LogP contribution in [0.25, 0.3) is 0 Å². The summed E-state index contributed by atoms with van der Waals surface area (Å²) in [6, 6.07) is 0.236. The minimum atomic E-state index is -3.16. The Morgan fingerprint density at radius 1 is 1.37 bits per heavy atom. The van der Waals surface area contributed by atoms with Gasteiger partial charge < -0.3 is 11.1 Å². The van der Waals surface area contributed by atoms with Gasteiger partial charge in [-0.3, -0.25) is 4.99 Å². The molecule has 0 aromatic carbocycles. The van der Waals surface area contributed by atoms with E-state index in [-0.39, 0.29) is 18.0 Å². The van der Waals surface area contributed by atoms with Gasteiger partial charge in [-0.15, -0.1) is 0 Å². The van der Waals surface area contributed by atoms with Crippen LogP contribution in [0.3, 0.4) is 0 Å². The van der Waals surface area contributed by atoms with Crippen molar-refractivity contribution in [2.75, 3.05) is 12.8 Å². The molecule has 1 rings (SSSR count). The van der Waals surface area contributed by atoms with Gasteiger partial charge in [-0.1, -0.05) is 12.8 Å². The molecule has 1 aliphatic carbocycles. The number of guanidine groups is 1. The van der Waals surface area contributed by atoms with E-state index in [1.54, 1.807) is 0 Å². The second-order valence-corrected chi connectivity index (χ2v) is 7.35. The van der Waals surface area contributed by atoms with Gasteiger partial charge in [-0.25, -0.2) is 13.1 Å². The van der Waals surface area contributed by atoms with Crippen LogP contribution in [0.5, 0.6) is 0 Å². The predicted molar refractivity (Wildman–Crippen MR) is 78.5 cm³/mol. The number of hydrogen-bond acceptors (Lipinski definition) is 3. The SMILES string of the molecule is CC(C)NC(N)=NCC1CCCCC1NS(C)(=O)=O. The van der Waals surface area contributed by atoms with Crippen LogP contribution in [0.1, 0.15) is 39.5 Å². The molecule has 19 heavy (non-hydrogen) atoms. The lowest BCUT2D eigenvalue weighted by molar-refractivity contribution is 0.297. The minimum Gasteiger partial charge on any atom is -0.370 e. The van der Waals surface area contributed by atoms with Gasteiger partial charge >= 0.3 is 0 Å². The molecule has 2 unspecified atom stereocenters. The summed E-state index contributed by atoms with van der Waals surface area (Å²) in [5, 5.41) is 3.03. The zero-order valence-corrected chi connectivity index (χ0v) is 12.8. The Labute approximate surface area is 116 Å². The zero-order chi connectivity index (χ0) is 14.5. The van der Waals surface area contributed by atoms with Crippen LogP contribution in [0.2, 0.25) is 0 Å². The molecule has 7 heteroatoms. The monoisotopic (exact) mass is 290 g/mol. The van der Waals surface area contributed by atoms with Crippen LogP contribution < -0.4 is 15.8 Å². The van der Waals surface area contributed by atoms with E-state index in [0.717, 1.165) is 25.7 Å². The van der Waals surface area contributed by atoms with Crippen molar-refractivity contribution in [2.45, 2.75) is 51.6 Å². The molecular weight excluding hydrogens is 264 g/mol. The molecule has 1 saturated carbocycles. The van der Waals surface area contributed by atoms with Crippen LogP contribution in [0.15, 0.2) is 4.99 Å². The summed E-state index contributed by atoms with van der Waals surface area (Å²) in [4.78, 5) is 4.32. The van der Waals surface area contributed by atoms with Gasteiger partial charge in [0, 0.05) is 18.6 Å². The third kappa shape index (κ3) is 6.77. The maximum Gasteiger partial charge on any atom is 0.208 e. The number of rotatable bonds is 5. The molecule has 0 aromatic heterocycles. The van der Waals surface area contributed by atoms with Crippen molar-refractivity contribution in [3.05, 3.63) is 0 Å². The molecule has 6 nitrogen and oxygen atoms in total. The van der Waals surface area contributed by atoms with Crippen molar-refractivity contribution in [1.82, 2.24) is 10.0 Å². The Morgan fingerprint density at radius 2 is 2.00 bits per heavy atom. The van der Waals surface area contributed by atoms with Gasteiger partial charge in [-0.05, 0) is 32.6 Å². The first kappa shape index (κ1) is 16.2. The Hall–Kier alpha value is -0.820. The minimum absolute atomic E-state index is 0.0145. The lowest BCUT2D eigenvalue weighted by Gasteiger charge is -2.30. The summed E-state index contributed by atoms with van der Waals surface area (Å²) in [5.74, 6) is 0.662. The fourth-order valence-electron chi connectivity index (χ4n) is 2.41. The molecule has 0 saturated heterocycles. The third-order valence-corrected chi connectivity index (χ3v) is 3.94. The molecular formula is C12H26N4O2S. The summed E-state index contributed by atoms with van der Waals surface area (Å²) in [5.41, 5.74) is 5.76. The van der Waals surface area contributed by atoms with E-state index in [0.29, 0.717) is 12.5 Å². The van der Waals surface area contributed by atoms with E-state index in [9.17, 15) is 8.42 Å². The number of sulfonamides is 1. The second kappa shape index (κ2) is 7.09. The molecule has 0 radical (unpaired) electrons. The highest BCUT2D eigenvalue weighted by molar-refractivity contribution is 7.88. The van der Waals surface area contributed by atoms with Crippen molar-refractivity contribution < 1.29 is 8.42 Å². The Bertz CT molecular complexity index is 406. The number of aliphatic imine (C=N–C) groups is 1. The first-order valence-corrected chi connectivity index (χ1v) is 8.71. The fraction of sp³-hybridized carbons (Fsp3) is 0.917. The zero-order valence-electron chi connectivity index (χ0n) is 12.0. The molecule has 0 aliphatic heterocycles.